The number of nitrogens with zero attached hydrogens (tertiary/aromatic N) is 4. The molecule has 11 heteroatoms. The summed E-state index contributed by atoms with van der Waals surface area (Å²) in [5, 5.41) is 1.64. The maximum Gasteiger partial charge on any atom is 0.471 e. The molecule has 0 bridgehead atoms. The van der Waals surface area contributed by atoms with Gasteiger partial charge in [0.25, 0.3) is 5.91 Å². The van der Waals surface area contributed by atoms with Gasteiger partial charge in [-0.3, -0.25) is 14.4 Å². The SMILES string of the molecule is O=C(c1cscn1)N1CCN(C(=O)C2CCCN2C(=O)C(F)(F)F)CC1. The van der Waals surface area contributed by atoms with E-state index in [1.54, 1.807) is 15.8 Å². The molecule has 0 N–H and O–H groups in total. The van der Waals surface area contributed by atoms with E-state index >= 15 is 0 Å². The number of halogens is 3. The lowest BCUT2D eigenvalue weighted by atomic mass is 10.1. The second-order valence-corrected chi connectivity index (χ2v) is 6.86. The van der Waals surface area contributed by atoms with Gasteiger partial charge >= 0.3 is 12.1 Å². The van der Waals surface area contributed by atoms with Crippen molar-refractivity contribution in [3.63, 3.8) is 0 Å². The van der Waals surface area contributed by atoms with Crippen molar-refractivity contribution < 1.29 is 27.6 Å². The van der Waals surface area contributed by atoms with Gasteiger partial charge in [-0.2, -0.15) is 13.2 Å². The third-order valence-corrected chi connectivity index (χ3v) is 5.16. The van der Waals surface area contributed by atoms with Gasteiger partial charge in [-0.05, 0) is 12.8 Å². The minimum absolute atomic E-state index is 0.0724. The molecule has 0 radical (unpaired) electrons. The summed E-state index contributed by atoms with van der Waals surface area (Å²) in [6.45, 7) is 0.930. The van der Waals surface area contributed by atoms with E-state index in [9.17, 15) is 27.6 Å². The van der Waals surface area contributed by atoms with E-state index in [-0.39, 0.29) is 45.1 Å². The Kier molecular flexibility index (Phi) is 5.17. The van der Waals surface area contributed by atoms with E-state index in [0.29, 0.717) is 17.0 Å². The Labute approximate surface area is 151 Å². The van der Waals surface area contributed by atoms with Gasteiger partial charge in [-0.15, -0.1) is 11.3 Å². The molecule has 3 amide bonds. The predicted octanol–water partition coefficient (Wildman–Crippen LogP) is 0.981. The highest BCUT2D eigenvalue weighted by atomic mass is 32.1. The number of alkyl halides is 3. The number of piperazine rings is 1. The van der Waals surface area contributed by atoms with Gasteiger partial charge in [-0.1, -0.05) is 0 Å². The Morgan fingerprint density at radius 3 is 2.31 bits per heavy atom. The monoisotopic (exact) mass is 390 g/mol. The van der Waals surface area contributed by atoms with Gasteiger partial charge in [0.05, 0.1) is 5.51 Å². The van der Waals surface area contributed by atoms with Gasteiger partial charge in [0.2, 0.25) is 5.91 Å². The molecule has 2 fully saturated rings. The number of carbonyl (C=O) groups excluding carboxylic acids is 3. The topological polar surface area (TPSA) is 73.8 Å². The third kappa shape index (κ3) is 3.67. The molecule has 1 aromatic rings. The molecular formula is C15H17F3N4O3S. The first-order chi connectivity index (χ1) is 12.3. The third-order valence-electron chi connectivity index (χ3n) is 4.57. The average Bonchev–Trinajstić information content (AvgIpc) is 3.30. The molecule has 1 unspecified atom stereocenters. The van der Waals surface area contributed by atoms with Crippen LogP contribution < -0.4 is 0 Å². The predicted molar refractivity (Wildman–Crippen MR) is 85.4 cm³/mol. The fourth-order valence-electron chi connectivity index (χ4n) is 3.25. The van der Waals surface area contributed by atoms with Crippen LogP contribution in [0.3, 0.4) is 0 Å². The van der Waals surface area contributed by atoms with Crippen molar-refractivity contribution in [3.05, 3.63) is 16.6 Å². The van der Waals surface area contributed by atoms with Crippen LogP contribution in [0.5, 0.6) is 0 Å². The molecule has 3 heterocycles. The van der Waals surface area contributed by atoms with Crippen LogP contribution in [0.1, 0.15) is 23.3 Å². The molecular weight excluding hydrogens is 373 g/mol. The summed E-state index contributed by atoms with van der Waals surface area (Å²) >= 11 is 1.31. The van der Waals surface area contributed by atoms with E-state index < -0.39 is 24.0 Å². The van der Waals surface area contributed by atoms with Gasteiger partial charge in [0.15, 0.2) is 0 Å². The average molecular weight is 390 g/mol. The number of hydrogen-bond donors (Lipinski definition) is 0. The van der Waals surface area contributed by atoms with Crippen LogP contribution in [0.2, 0.25) is 0 Å². The van der Waals surface area contributed by atoms with Crippen LogP contribution in [0.25, 0.3) is 0 Å². The van der Waals surface area contributed by atoms with Crippen molar-refractivity contribution in [1.29, 1.82) is 0 Å². The molecule has 2 saturated heterocycles. The Morgan fingerprint density at radius 2 is 1.73 bits per heavy atom. The van der Waals surface area contributed by atoms with Crippen LogP contribution >= 0.6 is 11.3 Å². The van der Waals surface area contributed by atoms with E-state index in [1.165, 1.54) is 16.2 Å². The number of rotatable bonds is 2. The van der Waals surface area contributed by atoms with Crippen molar-refractivity contribution in [2.24, 2.45) is 0 Å². The number of amides is 3. The highest BCUT2D eigenvalue weighted by Gasteiger charge is 2.48. The summed E-state index contributed by atoms with van der Waals surface area (Å²) in [6, 6.07) is -1.08. The zero-order valence-corrected chi connectivity index (χ0v) is 14.6. The zero-order chi connectivity index (χ0) is 18.9. The zero-order valence-electron chi connectivity index (χ0n) is 13.7. The molecule has 0 saturated carbocycles. The first-order valence-corrected chi connectivity index (χ1v) is 9.07. The quantitative estimate of drug-likeness (QED) is 0.755. The maximum absolute atomic E-state index is 12.7. The smallest absolute Gasteiger partial charge is 0.337 e. The summed E-state index contributed by atoms with van der Waals surface area (Å²) in [4.78, 5) is 43.9. The highest BCUT2D eigenvalue weighted by molar-refractivity contribution is 7.07. The summed E-state index contributed by atoms with van der Waals surface area (Å²) in [5.41, 5.74) is 1.90. The summed E-state index contributed by atoms with van der Waals surface area (Å²) in [7, 11) is 0. The fourth-order valence-corrected chi connectivity index (χ4v) is 3.78. The number of aromatic nitrogens is 1. The van der Waals surface area contributed by atoms with Crippen molar-refractivity contribution in [2.75, 3.05) is 32.7 Å². The fraction of sp³-hybridized carbons (Fsp3) is 0.600. The van der Waals surface area contributed by atoms with Crippen molar-refractivity contribution >= 4 is 29.1 Å². The molecule has 26 heavy (non-hydrogen) atoms. The second-order valence-electron chi connectivity index (χ2n) is 6.15. The number of thiazole rings is 1. The molecule has 142 valence electrons. The maximum atomic E-state index is 12.7. The number of hydrogen-bond acceptors (Lipinski definition) is 5. The lowest BCUT2D eigenvalue weighted by molar-refractivity contribution is -0.187. The van der Waals surface area contributed by atoms with Gasteiger partial charge in [-0.25, -0.2) is 4.98 Å². The summed E-state index contributed by atoms with van der Waals surface area (Å²) in [5.74, 6) is -2.68. The molecule has 3 rings (SSSR count). The van der Waals surface area contributed by atoms with Crippen molar-refractivity contribution in [2.45, 2.75) is 25.1 Å². The molecule has 1 aromatic heterocycles. The first kappa shape index (κ1) is 18.6. The van der Waals surface area contributed by atoms with E-state index in [2.05, 4.69) is 4.98 Å². The lowest BCUT2D eigenvalue weighted by Crippen LogP contribution is -2.56. The molecule has 2 aliphatic rings. The minimum Gasteiger partial charge on any atom is -0.337 e. The van der Waals surface area contributed by atoms with Crippen LogP contribution in [0.4, 0.5) is 13.2 Å². The van der Waals surface area contributed by atoms with Crippen LogP contribution in [-0.4, -0.2) is 82.3 Å². The summed E-state index contributed by atoms with van der Waals surface area (Å²) in [6.07, 6.45) is -4.40. The Morgan fingerprint density at radius 1 is 1.08 bits per heavy atom. The molecule has 1 atom stereocenters. The van der Waals surface area contributed by atoms with Gasteiger partial charge in [0, 0.05) is 38.1 Å². The molecule has 0 spiro atoms. The van der Waals surface area contributed by atoms with Crippen LogP contribution in [-0.2, 0) is 9.59 Å². The number of likely N-dealkylation sites (tertiary alicyclic amines) is 1. The van der Waals surface area contributed by atoms with Gasteiger partial charge in [0.1, 0.15) is 11.7 Å². The standard InChI is InChI=1S/C15H17F3N4O3S/c16-15(17,18)14(25)22-3-1-2-11(22)13(24)21-6-4-20(5-7-21)12(23)10-8-26-9-19-10/h8-9,11H,1-7H2. The van der Waals surface area contributed by atoms with E-state index in [1.807, 2.05) is 0 Å². The van der Waals surface area contributed by atoms with Crippen LogP contribution in [0, 0.1) is 0 Å². The molecule has 2 aliphatic heterocycles. The largest absolute Gasteiger partial charge is 0.471 e. The molecule has 0 aromatic carbocycles. The summed E-state index contributed by atoms with van der Waals surface area (Å²) < 4.78 is 38.1. The normalized spacial score (nSPS) is 21.2. The highest BCUT2D eigenvalue weighted by Crippen LogP contribution is 2.27. The molecule has 0 aliphatic carbocycles. The Bertz CT molecular complexity index is 687. The van der Waals surface area contributed by atoms with Crippen molar-refractivity contribution in [1.82, 2.24) is 19.7 Å². The Balaban J connectivity index is 1.59. The lowest BCUT2D eigenvalue weighted by Gasteiger charge is -2.37. The van der Waals surface area contributed by atoms with Crippen molar-refractivity contribution in [3.8, 4) is 0 Å². The van der Waals surface area contributed by atoms with Crippen LogP contribution in [0.15, 0.2) is 10.9 Å². The second kappa shape index (κ2) is 7.22. The van der Waals surface area contributed by atoms with E-state index in [0.717, 1.165) is 0 Å². The minimum atomic E-state index is -4.98. The number of carbonyl (C=O) groups is 3. The first-order valence-electron chi connectivity index (χ1n) is 8.13. The molecule has 7 nitrogen and oxygen atoms in total. The van der Waals surface area contributed by atoms with E-state index in [4.69, 9.17) is 0 Å². The Hall–Kier alpha value is -2.17. The van der Waals surface area contributed by atoms with Gasteiger partial charge < -0.3 is 14.7 Å².